The predicted molar refractivity (Wildman–Crippen MR) is 67.0 cm³/mol. The van der Waals surface area contributed by atoms with Gasteiger partial charge in [-0.2, -0.15) is 4.98 Å². The van der Waals surface area contributed by atoms with Crippen LogP contribution in [0, 0.1) is 0 Å². The number of ether oxygens (including phenoxy) is 1. The fourth-order valence-corrected chi connectivity index (χ4v) is 2.33. The molecule has 1 aliphatic rings. The Balaban J connectivity index is 2.15. The highest BCUT2D eigenvalue weighted by atomic mass is 16.5. The molecular weight excluding hydrogens is 270 g/mol. The van der Waals surface area contributed by atoms with Gasteiger partial charge in [0, 0.05) is 6.42 Å². The first-order valence-corrected chi connectivity index (χ1v) is 5.95. The number of anilines is 1. The van der Waals surface area contributed by atoms with E-state index in [1.54, 1.807) is 0 Å². The number of aliphatic hydroxyl groups is 2. The lowest BCUT2D eigenvalue weighted by Gasteiger charge is -2.12. The number of aliphatic hydroxyl groups excluding tert-OH is 2. The predicted octanol–water partition coefficient (Wildman–Crippen LogP) is -2.36. The molecule has 0 radical (unpaired) electrons. The first-order valence-electron chi connectivity index (χ1n) is 5.95. The van der Waals surface area contributed by atoms with E-state index in [-0.39, 0.29) is 30.1 Å². The van der Waals surface area contributed by atoms with Crippen LogP contribution < -0.4 is 17.0 Å². The first-order chi connectivity index (χ1) is 9.51. The topological polar surface area (TPSA) is 159 Å². The molecule has 2 aromatic heterocycles. The van der Waals surface area contributed by atoms with E-state index >= 15 is 0 Å². The number of nitrogen functional groups attached to an aromatic ring is 1. The Kier molecular flexibility index (Phi) is 2.85. The summed E-state index contributed by atoms with van der Waals surface area (Å²) in [5.74, 6) is -0.132. The number of nitrogens with one attached hydrogen (secondary N) is 2. The lowest BCUT2D eigenvalue weighted by molar-refractivity contribution is -0.0441. The standard InChI is InChI=1S/C10H13N5O5/c11-9-13-7-6(8(18)14-9)12-10(19)15(7)5-1-3(17)4(2-16)20-5/h3-5,16-17H,1-2H2,(H,12,19)(H3,11,13,14,18)/t3-,4-,5-/m0/s1. The van der Waals surface area contributed by atoms with E-state index in [0.29, 0.717) is 0 Å². The number of hydrogen-bond acceptors (Lipinski definition) is 7. The average Bonchev–Trinajstić information content (AvgIpc) is 2.89. The molecule has 0 amide bonds. The van der Waals surface area contributed by atoms with Gasteiger partial charge in [-0.05, 0) is 0 Å². The lowest BCUT2D eigenvalue weighted by atomic mass is 10.2. The average molecular weight is 283 g/mol. The van der Waals surface area contributed by atoms with Gasteiger partial charge in [0.15, 0.2) is 11.2 Å². The van der Waals surface area contributed by atoms with Crippen molar-refractivity contribution >= 4 is 17.1 Å². The molecule has 108 valence electrons. The Bertz CT molecular complexity index is 761. The summed E-state index contributed by atoms with van der Waals surface area (Å²) in [7, 11) is 0. The Labute approximate surface area is 110 Å². The lowest BCUT2D eigenvalue weighted by Crippen LogP contribution is -2.25. The maximum absolute atomic E-state index is 11.9. The second-order valence-corrected chi connectivity index (χ2v) is 4.56. The highest BCUT2D eigenvalue weighted by molar-refractivity contribution is 5.70. The van der Waals surface area contributed by atoms with Crippen molar-refractivity contribution in [1.82, 2.24) is 19.5 Å². The molecule has 6 N–H and O–H groups in total. The van der Waals surface area contributed by atoms with Crippen LogP contribution in [-0.4, -0.2) is 48.5 Å². The van der Waals surface area contributed by atoms with Gasteiger partial charge in [0.2, 0.25) is 5.95 Å². The number of nitrogens with zero attached hydrogens (tertiary/aromatic N) is 2. The molecule has 1 fully saturated rings. The third-order valence-corrected chi connectivity index (χ3v) is 3.27. The molecule has 10 nitrogen and oxygen atoms in total. The molecule has 3 rings (SSSR count). The summed E-state index contributed by atoms with van der Waals surface area (Å²) in [6.45, 7) is -0.370. The molecule has 2 aromatic rings. The van der Waals surface area contributed by atoms with Crippen molar-refractivity contribution in [2.24, 2.45) is 0 Å². The second kappa shape index (κ2) is 4.44. The van der Waals surface area contributed by atoms with E-state index in [0.717, 1.165) is 4.57 Å². The van der Waals surface area contributed by atoms with Gasteiger partial charge in [-0.1, -0.05) is 0 Å². The maximum Gasteiger partial charge on any atom is 0.329 e. The molecule has 3 atom stereocenters. The number of fused-ring (bicyclic) bond motifs is 1. The molecule has 1 aliphatic heterocycles. The van der Waals surface area contributed by atoms with E-state index < -0.39 is 29.7 Å². The fraction of sp³-hybridized carbons (Fsp3) is 0.500. The molecule has 0 bridgehead atoms. The molecule has 3 heterocycles. The number of aromatic amines is 2. The van der Waals surface area contributed by atoms with Gasteiger partial charge in [-0.15, -0.1) is 0 Å². The summed E-state index contributed by atoms with van der Waals surface area (Å²) in [6, 6.07) is 0. The van der Waals surface area contributed by atoms with Crippen LogP contribution in [0.5, 0.6) is 0 Å². The molecule has 1 saturated heterocycles. The summed E-state index contributed by atoms with van der Waals surface area (Å²) in [5, 5.41) is 18.8. The van der Waals surface area contributed by atoms with Crippen LogP contribution in [0.2, 0.25) is 0 Å². The van der Waals surface area contributed by atoms with Crippen molar-refractivity contribution in [3.8, 4) is 0 Å². The van der Waals surface area contributed by atoms with Crippen LogP contribution >= 0.6 is 0 Å². The monoisotopic (exact) mass is 283 g/mol. The Morgan fingerprint density at radius 3 is 2.85 bits per heavy atom. The second-order valence-electron chi connectivity index (χ2n) is 4.56. The Morgan fingerprint density at radius 2 is 2.20 bits per heavy atom. The van der Waals surface area contributed by atoms with Gasteiger partial charge in [0.05, 0.1) is 12.7 Å². The zero-order valence-corrected chi connectivity index (χ0v) is 10.2. The van der Waals surface area contributed by atoms with Crippen molar-refractivity contribution in [2.75, 3.05) is 12.3 Å². The number of hydrogen-bond donors (Lipinski definition) is 5. The number of aromatic nitrogens is 4. The van der Waals surface area contributed by atoms with Crippen molar-refractivity contribution in [2.45, 2.75) is 24.9 Å². The summed E-state index contributed by atoms with van der Waals surface area (Å²) >= 11 is 0. The Hall–Kier alpha value is -2.17. The minimum Gasteiger partial charge on any atom is -0.394 e. The molecule has 0 aliphatic carbocycles. The summed E-state index contributed by atoms with van der Waals surface area (Å²) in [4.78, 5) is 32.2. The number of nitrogens with two attached hydrogens (primary N) is 1. The van der Waals surface area contributed by atoms with Crippen LogP contribution in [0.3, 0.4) is 0 Å². The SMILES string of the molecule is Nc1nc2c([nH]c(=O)n2[C@@H]2C[C@H](O)[C@H](CO)O2)c(=O)[nH]1. The molecule has 10 heteroatoms. The zero-order valence-electron chi connectivity index (χ0n) is 10.2. The minimum absolute atomic E-state index is 0.0188. The van der Waals surface area contributed by atoms with Crippen LogP contribution in [0.1, 0.15) is 12.6 Å². The minimum atomic E-state index is -0.902. The third-order valence-electron chi connectivity index (χ3n) is 3.27. The quantitative estimate of drug-likeness (QED) is 0.412. The normalized spacial score (nSPS) is 26.4. The van der Waals surface area contributed by atoms with Crippen LogP contribution in [-0.2, 0) is 4.74 Å². The molecule has 0 spiro atoms. The largest absolute Gasteiger partial charge is 0.394 e. The van der Waals surface area contributed by atoms with Crippen molar-refractivity contribution < 1.29 is 14.9 Å². The van der Waals surface area contributed by atoms with Crippen molar-refractivity contribution in [3.63, 3.8) is 0 Å². The van der Waals surface area contributed by atoms with Gasteiger partial charge in [0.1, 0.15) is 12.3 Å². The molecule has 0 saturated carbocycles. The van der Waals surface area contributed by atoms with Crippen molar-refractivity contribution in [3.05, 3.63) is 20.8 Å². The van der Waals surface area contributed by atoms with E-state index in [4.69, 9.17) is 15.6 Å². The Morgan fingerprint density at radius 1 is 1.45 bits per heavy atom. The summed E-state index contributed by atoms with van der Waals surface area (Å²) < 4.78 is 6.50. The van der Waals surface area contributed by atoms with E-state index in [1.165, 1.54) is 0 Å². The fourth-order valence-electron chi connectivity index (χ4n) is 2.33. The van der Waals surface area contributed by atoms with Gasteiger partial charge < -0.3 is 20.7 Å². The highest BCUT2D eigenvalue weighted by Gasteiger charge is 2.36. The smallest absolute Gasteiger partial charge is 0.329 e. The number of H-pyrrole nitrogens is 2. The summed E-state index contributed by atoms with van der Waals surface area (Å²) in [6.07, 6.45) is -2.40. The zero-order chi connectivity index (χ0) is 14.4. The van der Waals surface area contributed by atoms with Gasteiger partial charge in [-0.3, -0.25) is 14.8 Å². The van der Waals surface area contributed by atoms with Gasteiger partial charge in [0.25, 0.3) is 5.56 Å². The highest BCUT2D eigenvalue weighted by Crippen LogP contribution is 2.28. The number of rotatable bonds is 2. The van der Waals surface area contributed by atoms with Gasteiger partial charge in [-0.25, -0.2) is 9.36 Å². The van der Waals surface area contributed by atoms with E-state index in [2.05, 4.69) is 15.0 Å². The van der Waals surface area contributed by atoms with E-state index in [1.807, 2.05) is 0 Å². The van der Waals surface area contributed by atoms with E-state index in [9.17, 15) is 14.7 Å². The molecule has 20 heavy (non-hydrogen) atoms. The van der Waals surface area contributed by atoms with Crippen LogP contribution in [0.25, 0.3) is 11.2 Å². The molecule has 0 unspecified atom stereocenters. The molecule has 0 aromatic carbocycles. The van der Waals surface area contributed by atoms with Gasteiger partial charge >= 0.3 is 5.69 Å². The third kappa shape index (κ3) is 1.81. The summed E-state index contributed by atoms with van der Waals surface area (Å²) in [5.41, 5.74) is 4.32. The van der Waals surface area contributed by atoms with Crippen LogP contribution in [0.4, 0.5) is 5.95 Å². The van der Waals surface area contributed by atoms with Crippen molar-refractivity contribution in [1.29, 1.82) is 0 Å². The maximum atomic E-state index is 11.9. The van der Waals surface area contributed by atoms with Crippen LogP contribution in [0.15, 0.2) is 9.59 Å². The number of imidazole rings is 1. The first kappa shape index (κ1) is 12.8. The molecular formula is C10H13N5O5.